The Labute approximate surface area is 111 Å². The first-order valence-corrected chi connectivity index (χ1v) is 6.97. The van der Waals surface area contributed by atoms with Gasteiger partial charge in [-0.1, -0.05) is 22.9 Å². The van der Waals surface area contributed by atoms with E-state index in [1.807, 2.05) is 6.92 Å². The molecule has 1 aliphatic rings. The first-order chi connectivity index (χ1) is 8.20. The lowest BCUT2D eigenvalue weighted by Crippen LogP contribution is -2.40. The first kappa shape index (κ1) is 12.6. The number of aromatic nitrogens is 2. The Balaban J connectivity index is 2.09. The van der Waals surface area contributed by atoms with Crippen LogP contribution in [0.2, 0.25) is 0 Å². The molecule has 2 rings (SSSR count). The summed E-state index contributed by atoms with van der Waals surface area (Å²) in [5.74, 6) is 2.05. The van der Waals surface area contributed by atoms with E-state index in [1.165, 1.54) is 0 Å². The van der Waals surface area contributed by atoms with Gasteiger partial charge in [0.2, 0.25) is 11.8 Å². The molecule has 0 spiro atoms. The molecule has 2 atom stereocenters. The third-order valence-electron chi connectivity index (χ3n) is 2.99. The quantitative estimate of drug-likeness (QED) is 0.804. The van der Waals surface area contributed by atoms with Gasteiger partial charge in [0.1, 0.15) is 0 Å². The van der Waals surface area contributed by atoms with Crippen LogP contribution in [0.1, 0.15) is 20.3 Å². The third-order valence-corrected chi connectivity index (χ3v) is 4.35. The smallest absolute Gasteiger partial charge is 0.228 e. The zero-order valence-electron chi connectivity index (χ0n) is 10.3. The van der Waals surface area contributed by atoms with Gasteiger partial charge in [0.05, 0.1) is 6.61 Å². The Morgan fingerprint density at radius 2 is 2.41 bits per heavy atom. The molecule has 17 heavy (non-hydrogen) atoms. The van der Waals surface area contributed by atoms with E-state index in [1.54, 1.807) is 12.3 Å². The lowest BCUT2D eigenvalue weighted by Gasteiger charge is -2.34. The van der Waals surface area contributed by atoms with E-state index >= 15 is 0 Å². The van der Waals surface area contributed by atoms with Crippen molar-refractivity contribution in [2.24, 2.45) is 5.92 Å². The van der Waals surface area contributed by atoms with E-state index in [9.17, 15) is 0 Å². The Bertz CT molecular complexity index is 375. The maximum atomic E-state index is 5.40. The van der Waals surface area contributed by atoms with Crippen LogP contribution in [0, 0.1) is 5.92 Å². The van der Waals surface area contributed by atoms with Gasteiger partial charge in [-0.2, -0.15) is 4.98 Å². The molecule has 94 valence electrons. The number of rotatable bonds is 3. The van der Waals surface area contributed by atoms with Crippen LogP contribution in [0.4, 0.5) is 5.95 Å². The second kappa shape index (κ2) is 5.67. The lowest BCUT2D eigenvalue weighted by molar-refractivity contribution is 0.325. The van der Waals surface area contributed by atoms with Gasteiger partial charge in [-0.25, -0.2) is 4.98 Å². The van der Waals surface area contributed by atoms with Gasteiger partial charge in [-0.3, -0.25) is 0 Å². The largest absolute Gasteiger partial charge is 0.478 e. The number of anilines is 1. The van der Waals surface area contributed by atoms with Crippen LogP contribution < -0.4 is 9.64 Å². The molecule has 1 saturated heterocycles. The zero-order valence-corrected chi connectivity index (χ0v) is 11.9. The molecule has 0 N–H and O–H groups in total. The zero-order chi connectivity index (χ0) is 12.3. The van der Waals surface area contributed by atoms with Crippen LogP contribution >= 0.6 is 15.9 Å². The number of alkyl halides is 1. The summed E-state index contributed by atoms with van der Waals surface area (Å²) in [5, 5.41) is 0. The molecule has 0 saturated carbocycles. The molecule has 1 aromatic heterocycles. The summed E-state index contributed by atoms with van der Waals surface area (Å²) >= 11 is 3.70. The molecule has 0 aliphatic carbocycles. The fourth-order valence-electron chi connectivity index (χ4n) is 2.01. The van der Waals surface area contributed by atoms with Crippen molar-refractivity contribution < 1.29 is 4.74 Å². The van der Waals surface area contributed by atoms with Crippen LogP contribution in [0.15, 0.2) is 12.3 Å². The maximum absolute atomic E-state index is 5.40. The van der Waals surface area contributed by atoms with Crippen molar-refractivity contribution in [2.75, 3.05) is 24.6 Å². The minimum atomic E-state index is 0.605. The molecule has 0 radical (unpaired) electrons. The summed E-state index contributed by atoms with van der Waals surface area (Å²) in [6.07, 6.45) is 2.89. The van der Waals surface area contributed by atoms with E-state index in [0.29, 0.717) is 23.2 Å². The molecular weight excluding hydrogens is 282 g/mol. The van der Waals surface area contributed by atoms with Gasteiger partial charge in [-0.05, 0) is 19.3 Å². The summed E-state index contributed by atoms with van der Waals surface area (Å²) in [6.45, 7) is 6.83. The standard InChI is InChI=1S/C12H18BrN3O/c1-3-17-11-4-6-14-12(15-11)16-7-5-10(13)9(2)8-16/h4,6,9-10H,3,5,7-8H2,1-2H3. The van der Waals surface area contributed by atoms with Crippen molar-refractivity contribution in [3.63, 3.8) is 0 Å². The van der Waals surface area contributed by atoms with E-state index < -0.39 is 0 Å². The SMILES string of the molecule is CCOc1ccnc(N2CCC(Br)C(C)C2)n1. The Kier molecular flexibility index (Phi) is 4.20. The highest BCUT2D eigenvalue weighted by molar-refractivity contribution is 9.09. The number of hydrogen-bond donors (Lipinski definition) is 0. The minimum Gasteiger partial charge on any atom is -0.478 e. The molecule has 2 heterocycles. The summed E-state index contributed by atoms with van der Waals surface area (Å²) in [7, 11) is 0. The fourth-order valence-corrected chi connectivity index (χ4v) is 2.38. The second-order valence-electron chi connectivity index (χ2n) is 4.36. The summed E-state index contributed by atoms with van der Waals surface area (Å²) in [5.41, 5.74) is 0. The predicted molar refractivity (Wildman–Crippen MR) is 71.9 cm³/mol. The molecule has 5 heteroatoms. The number of hydrogen-bond acceptors (Lipinski definition) is 4. The summed E-state index contributed by atoms with van der Waals surface area (Å²) in [6, 6.07) is 1.80. The third kappa shape index (κ3) is 3.09. The molecule has 2 unspecified atom stereocenters. The van der Waals surface area contributed by atoms with Crippen molar-refractivity contribution in [1.82, 2.24) is 9.97 Å². The Morgan fingerprint density at radius 3 is 3.12 bits per heavy atom. The van der Waals surface area contributed by atoms with Crippen LogP contribution in [0.3, 0.4) is 0 Å². The first-order valence-electron chi connectivity index (χ1n) is 6.05. The molecular formula is C12H18BrN3O. The number of ether oxygens (including phenoxy) is 1. The monoisotopic (exact) mass is 299 g/mol. The van der Waals surface area contributed by atoms with E-state index in [2.05, 4.69) is 37.7 Å². The Morgan fingerprint density at radius 1 is 1.59 bits per heavy atom. The van der Waals surface area contributed by atoms with Crippen molar-refractivity contribution in [2.45, 2.75) is 25.1 Å². The highest BCUT2D eigenvalue weighted by Gasteiger charge is 2.25. The van der Waals surface area contributed by atoms with Crippen LogP contribution in [0.25, 0.3) is 0 Å². The van der Waals surface area contributed by atoms with E-state index in [4.69, 9.17) is 4.74 Å². The van der Waals surface area contributed by atoms with Gasteiger partial charge in [-0.15, -0.1) is 0 Å². The van der Waals surface area contributed by atoms with Gasteiger partial charge in [0, 0.05) is 30.2 Å². The fraction of sp³-hybridized carbons (Fsp3) is 0.667. The lowest BCUT2D eigenvalue weighted by atomic mass is 10.0. The molecule has 1 fully saturated rings. The molecule has 1 aromatic rings. The van der Waals surface area contributed by atoms with Gasteiger partial charge < -0.3 is 9.64 Å². The van der Waals surface area contributed by atoms with Gasteiger partial charge in [0.15, 0.2) is 0 Å². The van der Waals surface area contributed by atoms with Crippen LogP contribution in [0.5, 0.6) is 5.88 Å². The van der Waals surface area contributed by atoms with Crippen molar-refractivity contribution in [3.05, 3.63) is 12.3 Å². The highest BCUT2D eigenvalue weighted by Crippen LogP contribution is 2.26. The molecule has 1 aliphatic heterocycles. The van der Waals surface area contributed by atoms with Crippen LogP contribution in [-0.4, -0.2) is 34.5 Å². The average molecular weight is 300 g/mol. The van der Waals surface area contributed by atoms with E-state index in [0.717, 1.165) is 25.5 Å². The number of piperidine rings is 1. The Hall–Kier alpha value is -0.840. The number of halogens is 1. The van der Waals surface area contributed by atoms with E-state index in [-0.39, 0.29) is 0 Å². The van der Waals surface area contributed by atoms with Crippen molar-refractivity contribution in [1.29, 1.82) is 0 Å². The average Bonchev–Trinajstić information content (AvgIpc) is 2.33. The number of nitrogens with zero attached hydrogens (tertiary/aromatic N) is 3. The highest BCUT2D eigenvalue weighted by atomic mass is 79.9. The van der Waals surface area contributed by atoms with Crippen molar-refractivity contribution in [3.8, 4) is 5.88 Å². The topological polar surface area (TPSA) is 38.2 Å². The van der Waals surface area contributed by atoms with Gasteiger partial charge in [0.25, 0.3) is 0 Å². The molecule has 0 amide bonds. The second-order valence-corrected chi connectivity index (χ2v) is 5.53. The molecule has 0 bridgehead atoms. The van der Waals surface area contributed by atoms with Crippen molar-refractivity contribution >= 4 is 21.9 Å². The molecule has 4 nitrogen and oxygen atoms in total. The van der Waals surface area contributed by atoms with Crippen LogP contribution in [-0.2, 0) is 0 Å². The molecule has 0 aromatic carbocycles. The summed E-state index contributed by atoms with van der Waals surface area (Å²) < 4.78 is 5.40. The maximum Gasteiger partial charge on any atom is 0.228 e. The van der Waals surface area contributed by atoms with Gasteiger partial charge >= 0.3 is 0 Å². The predicted octanol–water partition coefficient (Wildman–Crippen LogP) is 2.49. The minimum absolute atomic E-state index is 0.605. The normalized spacial score (nSPS) is 24.8. The summed E-state index contributed by atoms with van der Waals surface area (Å²) in [4.78, 5) is 11.6.